The van der Waals surface area contributed by atoms with Gasteiger partial charge >= 0.3 is 18.2 Å². The molecule has 9 heterocycles. The Morgan fingerprint density at radius 2 is 1.04 bits per heavy atom. The maximum Gasteiger partial charge on any atom is 0.414 e. The molecular weight excluding hydrogens is 1410 g/mol. The molecule has 108 heavy (non-hydrogen) atoms. The number of imide groups is 1. The normalized spacial score (nSPS) is 22.8. The van der Waals surface area contributed by atoms with E-state index in [9.17, 15) is 67.1 Å². The van der Waals surface area contributed by atoms with Crippen molar-refractivity contribution in [2.24, 2.45) is 0 Å². The zero-order chi connectivity index (χ0) is 77.8. The Kier molecular flexibility index (Phi) is 25.3. The largest absolute Gasteiger partial charge is 0.493 e. The summed E-state index contributed by atoms with van der Waals surface area (Å²) in [5.74, 6) is -7.47. The first-order chi connectivity index (χ1) is 51.6. The molecule has 0 aromatic heterocycles. The number of hydroxylamine groups is 2. The maximum absolute atomic E-state index is 14.6. The number of amides is 13. The summed E-state index contributed by atoms with van der Waals surface area (Å²) in [5, 5.41) is 18.4. The number of hydrogen-bond donors (Lipinski definition) is 7. The minimum Gasteiger partial charge on any atom is -0.493 e. The number of hydrogen-bond acceptors (Lipinski definition) is 22. The second-order valence-corrected chi connectivity index (χ2v) is 26.9. The van der Waals surface area contributed by atoms with Crippen LogP contribution in [0.15, 0.2) is 96.1 Å². The molecule has 574 valence electrons. The highest BCUT2D eigenvalue weighted by atomic mass is 16.7. The molecule has 9 aliphatic heterocycles. The molecule has 0 aliphatic carbocycles. The van der Waals surface area contributed by atoms with Gasteiger partial charge in [-0.25, -0.2) is 14.4 Å². The number of benzene rings is 4. The summed E-state index contributed by atoms with van der Waals surface area (Å²) in [6, 6.07) is 12.2. The molecule has 1 saturated heterocycles. The van der Waals surface area contributed by atoms with E-state index >= 15 is 0 Å². The molecule has 7 N–H and O–H groups in total. The van der Waals surface area contributed by atoms with Crippen LogP contribution in [0.25, 0.3) is 0 Å². The van der Waals surface area contributed by atoms with Gasteiger partial charge in [-0.15, -0.1) is 5.06 Å². The van der Waals surface area contributed by atoms with Crippen LogP contribution in [0.2, 0.25) is 0 Å². The van der Waals surface area contributed by atoms with Crippen molar-refractivity contribution in [3.05, 3.63) is 118 Å². The molecule has 7 atom stereocenters. The molecular formula is C74H87N13O21. The van der Waals surface area contributed by atoms with Crippen LogP contribution >= 0.6 is 0 Å². The molecule has 34 heteroatoms. The second kappa shape index (κ2) is 34.9. The van der Waals surface area contributed by atoms with E-state index in [1.54, 1.807) is 77.4 Å². The second-order valence-electron chi connectivity index (χ2n) is 26.9. The van der Waals surface area contributed by atoms with Gasteiger partial charge in [0.05, 0.1) is 94.2 Å². The quantitative estimate of drug-likeness (QED) is 0.0716. The molecule has 0 spiro atoms. The van der Waals surface area contributed by atoms with Gasteiger partial charge in [0.15, 0.2) is 23.0 Å². The summed E-state index contributed by atoms with van der Waals surface area (Å²) in [4.78, 5) is 201. The van der Waals surface area contributed by atoms with Gasteiger partial charge in [0.2, 0.25) is 41.4 Å². The summed E-state index contributed by atoms with van der Waals surface area (Å²) in [7, 11) is 2.84. The number of nitrogens with one attached hydrogen (secondary N) is 7. The number of nitrogens with zero attached hydrogens (tertiary/aromatic N) is 6. The van der Waals surface area contributed by atoms with E-state index in [1.807, 2.05) is 26.0 Å². The number of carbonyl (C=O) groups is 14. The van der Waals surface area contributed by atoms with Crippen LogP contribution in [-0.2, 0) is 75.5 Å². The van der Waals surface area contributed by atoms with E-state index in [0.29, 0.717) is 40.7 Å². The Morgan fingerprint density at radius 3 is 1.57 bits per heavy atom. The van der Waals surface area contributed by atoms with Gasteiger partial charge in [-0.1, -0.05) is 47.6 Å². The SMILES string of the molecule is COc1cc2c3cc1OCCCOc1cc4c(cc1OC)C(=O)N1CC(C)=C[C@H]1C(C)N4C(=O)OCc1ccc(cc1)NC(=O)[C@H](C)NC(=O)[C@H](C)NC(=O)CN(CC(=O)NCCCC(=O)ON1C(=O)CCC1=O)CC(=O)N[C@@H](C)C(=O)N[C@@H](C)C(=O)Nc1ccc(cc1)COC(=O)N3C[C@@H]1C=C(C)CN1C2=O. The number of anilines is 4. The molecule has 13 rings (SSSR count). The molecule has 4 aromatic carbocycles. The van der Waals surface area contributed by atoms with Crippen LogP contribution in [0.3, 0.4) is 0 Å². The van der Waals surface area contributed by atoms with E-state index in [0.717, 1.165) is 16.0 Å². The topological polar surface area (TPSA) is 407 Å². The third kappa shape index (κ3) is 19.1. The molecule has 0 radical (unpaired) electrons. The molecule has 0 saturated carbocycles. The van der Waals surface area contributed by atoms with Crippen molar-refractivity contribution in [1.82, 2.24) is 46.3 Å². The number of methoxy groups -OCH3 is 2. The van der Waals surface area contributed by atoms with Crippen molar-refractivity contribution in [3.8, 4) is 23.0 Å². The Labute approximate surface area is 621 Å². The lowest BCUT2D eigenvalue weighted by Gasteiger charge is -2.32. The zero-order valence-electron chi connectivity index (χ0n) is 61.2. The highest BCUT2D eigenvalue weighted by Gasteiger charge is 2.45. The lowest BCUT2D eigenvalue weighted by Crippen LogP contribution is -2.54. The van der Waals surface area contributed by atoms with Crippen LogP contribution in [0.5, 0.6) is 23.0 Å². The van der Waals surface area contributed by atoms with Gasteiger partial charge in [0.1, 0.15) is 37.4 Å². The van der Waals surface area contributed by atoms with Crippen LogP contribution in [-0.4, -0.2) is 218 Å². The minimum atomic E-state index is -1.29. The molecule has 1 fully saturated rings. The molecule has 9 aliphatic rings. The van der Waals surface area contributed by atoms with E-state index in [-0.39, 0.29) is 129 Å². The fourth-order valence-electron chi connectivity index (χ4n) is 12.8. The van der Waals surface area contributed by atoms with Gasteiger partial charge in [0.25, 0.3) is 23.6 Å². The van der Waals surface area contributed by atoms with Crippen molar-refractivity contribution in [3.63, 3.8) is 0 Å². The molecule has 1 unspecified atom stereocenters. The summed E-state index contributed by atoms with van der Waals surface area (Å²) in [6.45, 7) is 9.21. The Bertz CT molecular complexity index is 4260. The zero-order valence-corrected chi connectivity index (χ0v) is 61.2. The predicted molar refractivity (Wildman–Crippen MR) is 385 cm³/mol. The van der Waals surface area contributed by atoms with Crippen LogP contribution in [0.4, 0.5) is 32.3 Å². The molecule has 8 bridgehead atoms. The van der Waals surface area contributed by atoms with E-state index in [2.05, 4.69) is 37.2 Å². The number of ether oxygens (including phenoxy) is 6. The van der Waals surface area contributed by atoms with Gasteiger partial charge in [0, 0.05) is 68.8 Å². The minimum absolute atomic E-state index is 0.00764. The van der Waals surface area contributed by atoms with Crippen molar-refractivity contribution in [1.29, 1.82) is 0 Å². The highest BCUT2D eigenvalue weighted by Crippen LogP contribution is 2.43. The van der Waals surface area contributed by atoms with E-state index < -0.39 is 133 Å². The Balaban J connectivity index is 0.865. The number of fused-ring (bicyclic) bond motifs is 2. The number of carbonyl (C=O) groups excluding carboxylic acids is 14. The number of rotatable bonds is 9. The summed E-state index contributed by atoms with van der Waals surface area (Å²) in [6.07, 6.45) is 1.99. The van der Waals surface area contributed by atoms with E-state index in [1.165, 1.54) is 63.8 Å². The summed E-state index contributed by atoms with van der Waals surface area (Å²) < 4.78 is 36.1. The average Bonchev–Trinajstić information content (AvgIpc) is 1.62. The van der Waals surface area contributed by atoms with Crippen molar-refractivity contribution < 1.29 is 100 Å². The molecule has 4 aromatic rings. The van der Waals surface area contributed by atoms with Crippen LogP contribution in [0.1, 0.15) is 112 Å². The van der Waals surface area contributed by atoms with Crippen molar-refractivity contribution >= 4 is 106 Å². The fourth-order valence-corrected chi connectivity index (χ4v) is 12.8. The third-order valence-electron chi connectivity index (χ3n) is 18.5. The highest BCUT2D eigenvalue weighted by molar-refractivity contribution is 6.08. The van der Waals surface area contributed by atoms with Crippen molar-refractivity contribution in [2.45, 2.75) is 136 Å². The predicted octanol–water partition coefficient (Wildman–Crippen LogP) is 3.51. The van der Waals surface area contributed by atoms with Crippen LogP contribution in [0, 0.1) is 0 Å². The Hall–Kier alpha value is -12.1. The first-order valence-electron chi connectivity index (χ1n) is 35.2. The lowest BCUT2D eigenvalue weighted by atomic mass is 10.1. The summed E-state index contributed by atoms with van der Waals surface area (Å²) in [5.41, 5.74) is 4.20. The Morgan fingerprint density at radius 1 is 0.556 bits per heavy atom. The van der Waals surface area contributed by atoms with Gasteiger partial charge < -0.3 is 80.3 Å². The monoisotopic (exact) mass is 1490 g/mol. The first-order valence-corrected chi connectivity index (χ1v) is 35.2. The lowest BCUT2D eigenvalue weighted by molar-refractivity contribution is -0.197. The van der Waals surface area contributed by atoms with E-state index in [4.69, 9.17) is 33.3 Å². The third-order valence-corrected chi connectivity index (χ3v) is 18.5. The fraction of sp³-hybridized carbons (Fsp3) is 0.432. The summed E-state index contributed by atoms with van der Waals surface area (Å²) >= 11 is 0. The van der Waals surface area contributed by atoms with Gasteiger partial charge in [-0.2, -0.15) is 0 Å². The van der Waals surface area contributed by atoms with Crippen molar-refractivity contribution in [2.75, 3.05) is 93.7 Å². The maximum atomic E-state index is 14.6. The van der Waals surface area contributed by atoms with Crippen LogP contribution < -0.4 is 66.0 Å². The van der Waals surface area contributed by atoms with Gasteiger partial charge in [-0.3, -0.25) is 67.4 Å². The molecule has 34 nitrogen and oxygen atoms in total. The standard InChI is InChI=1S/C74H87N13O21/c1-40-26-51-34-85-55-30-59(57(102-8)28-52(55)71(98)83(51)32-40)104-24-11-25-105-60-31-56-53(29-58(60)103-9)72(99)84-33-41(2)27-54(84)46(7)86(56)74(101)107-39-48-15-19-50(20-16-48)81-70(97)45(6)79-68(95)43(4)77-63(90)37-82(35-61(88)75-23-10-12-66(93)108-87-64(91)21-22-65(87)92)36-62(89)76-42(3)67(94)78-44(5)69(96)80-49-17-13-47(14-18-49)38-106-73(85)100/h13-20,26-31,42-46,51,54H,10-12,21-25,32-39H2,1-9H3,(H,75,88)(H,76,89)(H,77,90)(H,78,94)(H,79,95)(H,80,96)(H,81,97)/t42-,43-,44-,45-,46?,51-,54-/m0/s1. The molecule has 13 amide bonds. The first kappa shape index (κ1) is 78.5. The van der Waals surface area contributed by atoms with Gasteiger partial charge in [-0.05, 0) is 102 Å². The average molecular weight is 1490 g/mol. The smallest absolute Gasteiger partial charge is 0.414 e.